The third kappa shape index (κ3) is 5.97. The lowest BCUT2D eigenvalue weighted by Crippen LogP contribution is -2.46. The van der Waals surface area contributed by atoms with E-state index in [9.17, 15) is 13.2 Å². The van der Waals surface area contributed by atoms with E-state index in [2.05, 4.69) is 15.3 Å². The maximum atomic E-state index is 13.2. The molecule has 1 aromatic heterocycles. The van der Waals surface area contributed by atoms with Gasteiger partial charge in [0, 0.05) is 24.2 Å². The third-order valence-electron chi connectivity index (χ3n) is 4.97. The molecular weight excluding hydrogens is 470 g/mol. The summed E-state index contributed by atoms with van der Waals surface area (Å²) in [7, 11) is -2.69. The number of carbonyl (C=O) groups excluding carboxylic acids is 1. The molecule has 0 atom stereocenters. The van der Waals surface area contributed by atoms with E-state index in [-0.39, 0.29) is 32.4 Å². The van der Waals surface area contributed by atoms with Gasteiger partial charge in [0.25, 0.3) is 0 Å². The Morgan fingerprint density at radius 1 is 1.24 bits per heavy atom. The fraction of sp³-hybridized carbons (Fsp3) is 0.476. The molecule has 0 unspecified atom stereocenters. The molecule has 2 aromatic rings. The molecule has 33 heavy (non-hydrogen) atoms. The average molecular weight is 498 g/mol. The number of nitrogens with two attached hydrogens (primary N) is 1. The number of aromatic nitrogens is 2. The van der Waals surface area contributed by atoms with Gasteiger partial charge in [0.05, 0.1) is 13.3 Å². The van der Waals surface area contributed by atoms with Gasteiger partial charge in [-0.3, -0.25) is 0 Å². The van der Waals surface area contributed by atoms with Crippen molar-refractivity contribution in [1.29, 1.82) is 0 Å². The molecular formula is C21H28ClN5O5S. The monoisotopic (exact) mass is 497 g/mol. The molecule has 0 radical (unpaired) electrons. The van der Waals surface area contributed by atoms with Crippen molar-refractivity contribution >= 4 is 39.3 Å². The van der Waals surface area contributed by atoms with Gasteiger partial charge in [0.1, 0.15) is 27.0 Å². The van der Waals surface area contributed by atoms with Crippen molar-refractivity contribution in [2.45, 2.75) is 55.0 Å². The zero-order chi connectivity index (χ0) is 24.4. The molecule has 3 rings (SSSR count). The minimum atomic E-state index is -4.06. The van der Waals surface area contributed by atoms with Crippen molar-refractivity contribution in [1.82, 2.24) is 15.3 Å². The molecule has 3 N–H and O–H groups in total. The van der Waals surface area contributed by atoms with Gasteiger partial charge in [-0.1, -0.05) is 11.6 Å². The van der Waals surface area contributed by atoms with Gasteiger partial charge in [0.2, 0.25) is 15.8 Å². The lowest BCUT2D eigenvalue weighted by atomic mass is 10.1. The van der Waals surface area contributed by atoms with Crippen molar-refractivity contribution in [2.75, 3.05) is 30.8 Å². The Hall–Kier alpha value is -2.79. The number of methoxy groups -OCH3 is 1. The third-order valence-corrected chi connectivity index (χ3v) is 7.00. The van der Waals surface area contributed by atoms with Crippen LogP contribution in [-0.2, 0) is 14.6 Å². The molecule has 1 saturated heterocycles. The van der Waals surface area contributed by atoms with Gasteiger partial charge in [-0.15, -0.1) is 0 Å². The number of alkyl carbamates (subject to hydrolysis) is 1. The SMILES string of the molecule is COc1ccc(Cl)cc1S(=O)(=O)c1cnc(N2CCC(NC(=O)OC(C)(C)C)CC2)nc1N. The smallest absolute Gasteiger partial charge is 0.407 e. The second kappa shape index (κ2) is 9.60. The number of halogens is 1. The van der Waals surface area contributed by atoms with Crippen LogP contribution in [0.15, 0.2) is 34.2 Å². The average Bonchev–Trinajstić information content (AvgIpc) is 2.72. The Balaban J connectivity index is 1.72. The number of piperidine rings is 1. The van der Waals surface area contributed by atoms with Crippen molar-refractivity contribution in [2.24, 2.45) is 0 Å². The molecule has 180 valence electrons. The fourth-order valence-corrected chi connectivity index (χ4v) is 5.10. The van der Waals surface area contributed by atoms with Crippen LogP contribution in [0.5, 0.6) is 5.75 Å². The topological polar surface area (TPSA) is 137 Å². The van der Waals surface area contributed by atoms with E-state index in [1.807, 2.05) is 25.7 Å². The predicted molar refractivity (Wildman–Crippen MR) is 125 cm³/mol. The molecule has 1 amide bonds. The maximum Gasteiger partial charge on any atom is 0.407 e. The van der Waals surface area contributed by atoms with Crippen LogP contribution < -0.4 is 20.7 Å². The van der Waals surface area contributed by atoms with Gasteiger partial charge in [-0.25, -0.2) is 18.2 Å². The van der Waals surface area contributed by atoms with E-state index >= 15 is 0 Å². The van der Waals surface area contributed by atoms with Crippen LogP contribution in [0.4, 0.5) is 16.6 Å². The van der Waals surface area contributed by atoms with Gasteiger partial charge in [0.15, 0.2) is 0 Å². The van der Waals surface area contributed by atoms with Crippen molar-refractivity contribution < 1.29 is 22.7 Å². The molecule has 0 aliphatic carbocycles. The lowest BCUT2D eigenvalue weighted by molar-refractivity contribution is 0.0497. The van der Waals surface area contributed by atoms with Crippen molar-refractivity contribution in [3.05, 3.63) is 29.4 Å². The highest BCUT2D eigenvalue weighted by molar-refractivity contribution is 7.91. The summed E-state index contributed by atoms with van der Waals surface area (Å²) in [5.74, 6) is 0.290. The highest BCUT2D eigenvalue weighted by Crippen LogP contribution is 2.33. The molecule has 2 heterocycles. The van der Waals surface area contributed by atoms with E-state index in [1.165, 1.54) is 31.5 Å². The Labute approximate surface area is 198 Å². The van der Waals surface area contributed by atoms with Gasteiger partial charge >= 0.3 is 6.09 Å². The van der Waals surface area contributed by atoms with Crippen LogP contribution in [0.25, 0.3) is 0 Å². The number of nitrogens with zero attached hydrogens (tertiary/aromatic N) is 3. The Bertz CT molecular complexity index is 1130. The number of anilines is 2. The minimum absolute atomic E-state index is 0.0385. The first-order valence-corrected chi connectivity index (χ1v) is 12.2. The quantitative estimate of drug-likeness (QED) is 0.638. The standard InChI is InChI=1S/C21H28ClN5O5S/c1-21(2,3)32-20(28)25-14-7-9-27(10-8-14)19-24-12-17(18(23)26-19)33(29,30)16-11-13(22)5-6-15(16)31-4/h5-6,11-12,14H,7-10H2,1-4H3,(H,25,28)(H2,23,24,26). The first kappa shape index (κ1) is 24.8. The number of nitrogen functional groups attached to an aromatic ring is 1. The molecule has 1 fully saturated rings. The van der Waals surface area contributed by atoms with Crippen LogP contribution in [0.3, 0.4) is 0 Å². The zero-order valence-corrected chi connectivity index (χ0v) is 20.5. The highest BCUT2D eigenvalue weighted by Gasteiger charge is 2.29. The zero-order valence-electron chi connectivity index (χ0n) is 19.0. The first-order chi connectivity index (χ1) is 15.4. The van der Waals surface area contributed by atoms with E-state index in [1.54, 1.807) is 0 Å². The molecule has 0 saturated carbocycles. The largest absolute Gasteiger partial charge is 0.495 e. The van der Waals surface area contributed by atoms with E-state index in [0.717, 1.165) is 0 Å². The fourth-order valence-electron chi connectivity index (χ4n) is 3.41. The number of hydrogen-bond donors (Lipinski definition) is 2. The number of hydrogen-bond acceptors (Lipinski definition) is 9. The Kier molecular flexibility index (Phi) is 7.23. The molecule has 1 aromatic carbocycles. The number of ether oxygens (including phenoxy) is 2. The normalized spacial score (nSPS) is 15.2. The maximum absolute atomic E-state index is 13.2. The van der Waals surface area contributed by atoms with E-state index in [4.69, 9.17) is 26.8 Å². The van der Waals surface area contributed by atoms with Crippen LogP contribution in [-0.4, -0.2) is 56.3 Å². The molecule has 0 spiro atoms. The number of benzene rings is 1. The lowest BCUT2D eigenvalue weighted by Gasteiger charge is -2.33. The number of carbonyl (C=O) groups is 1. The van der Waals surface area contributed by atoms with Gasteiger partial charge in [-0.2, -0.15) is 4.98 Å². The van der Waals surface area contributed by atoms with E-state index in [0.29, 0.717) is 31.9 Å². The van der Waals surface area contributed by atoms with E-state index < -0.39 is 21.5 Å². The van der Waals surface area contributed by atoms with Crippen LogP contribution in [0.2, 0.25) is 5.02 Å². The summed E-state index contributed by atoms with van der Waals surface area (Å²) in [5.41, 5.74) is 5.47. The summed E-state index contributed by atoms with van der Waals surface area (Å²) in [6.45, 7) is 6.55. The Morgan fingerprint density at radius 3 is 2.48 bits per heavy atom. The molecule has 0 bridgehead atoms. The molecule has 12 heteroatoms. The van der Waals surface area contributed by atoms with Gasteiger partial charge in [-0.05, 0) is 51.8 Å². The van der Waals surface area contributed by atoms with Crippen molar-refractivity contribution in [3.63, 3.8) is 0 Å². The Morgan fingerprint density at radius 2 is 1.91 bits per heavy atom. The second-order valence-electron chi connectivity index (χ2n) is 8.63. The number of amides is 1. The van der Waals surface area contributed by atoms with Crippen LogP contribution in [0, 0.1) is 0 Å². The molecule has 1 aliphatic rings. The van der Waals surface area contributed by atoms with Crippen LogP contribution in [0.1, 0.15) is 33.6 Å². The summed E-state index contributed by atoms with van der Waals surface area (Å²) < 4.78 is 36.8. The molecule has 10 nitrogen and oxygen atoms in total. The van der Waals surface area contributed by atoms with Crippen LogP contribution >= 0.6 is 11.6 Å². The summed E-state index contributed by atoms with van der Waals surface area (Å²) in [4.78, 5) is 22.0. The summed E-state index contributed by atoms with van der Waals surface area (Å²) in [6, 6.07) is 4.26. The number of sulfone groups is 1. The second-order valence-corrected chi connectivity index (χ2v) is 10.9. The first-order valence-electron chi connectivity index (χ1n) is 10.4. The predicted octanol–water partition coefficient (Wildman–Crippen LogP) is 3.05. The number of nitrogens with one attached hydrogen (secondary N) is 1. The summed E-state index contributed by atoms with van der Waals surface area (Å²) in [6.07, 6.45) is 2.05. The summed E-state index contributed by atoms with van der Waals surface area (Å²) >= 11 is 5.99. The van der Waals surface area contributed by atoms with Crippen molar-refractivity contribution in [3.8, 4) is 5.75 Å². The minimum Gasteiger partial charge on any atom is -0.495 e. The van der Waals surface area contributed by atoms with Gasteiger partial charge < -0.3 is 25.4 Å². The summed E-state index contributed by atoms with van der Waals surface area (Å²) in [5, 5.41) is 3.11. The number of rotatable bonds is 5. The highest BCUT2D eigenvalue weighted by atomic mass is 35.5. The molecule has 1 aliphatic heterocycles.